The van der Waals surface area contributed by atoms with E-state index in [1.807, 2.05) is 12.3 Å². The molecule has 1 aromatic heterocycles. The summed E-state index contributed by atoms with van der Waals surface area (Å²) in [7, 11) is 0. The number of hydrogen-bond donors (Lipinski definition) is 1. The number of aromatic nitrogens is 1. The summed E-state index contributed by atoms with van der Waals surface area (Å²) < 4.78 is 0.407. The van der Waals surface area contributed by atoms with Gasteiger partial charge in [0.2, 0.25) is 0 Å². The lowest BCUT2D eigenvalue weighted by molar-refractivity contribution is 0.633. The van der Waals surface area contributed by atoms with E-state index in [1.165, 1.54) is 24.2 Å². The molecule has 1 aliphatic rings. The number of pyridine rings is 1. The van der Waals surface area contributed by atoms with Crippen LogP contribution in [0.2, 0.25) is 0 Å². The van der Waals surface area contributed by atoms with Gasteiger partial charge in [-0.1, -0.05) is 6.07 Å². The van der Waals surface area contributed by atoms with Gasteiger partial charge in [0.1, 0.15) is 5.82 Å². The van der Waals surface area contributed by atoms with Crippen LogP contribution >= 0.6 is 11.8 Å². The Balaban J connectivity index is 1.95. The van der Waals surface area contributed by atoms with Crippen LogP contribution < -0.4 is 5.32 Å². The molecule has 2 heterocycles. The average Bonchev–Trinajstić information content (AvgIpc) is 2.65. The molecule has 1 fully saturated rings. The van der Waals surface area contributed by atoms with Crippen molar-refractivity contribution in [2.75, 3.05) is 17.6 Å². The summed E-state index contributed by atoms with van der Waals surface area (Å²) in [6.07, 6.45) is 4.51. The van der Waals surface area contributed by atoms with E-state index in [0.717, 1.165) is 12.4 Å². The van der Waals surface area contributed by atoms with Crippen LogP contribution in [0.25, 0.3) is 0 Å². The molecule has 82 valence electrons. The van der Waals surface area contributed by atoms with Crippen molar-refractivity contribution in [1.82, 2.24) is 4.98 Å². The Morgan fingerprint density at radius 2 is 2.47 bits per heavy atom. The van der Waals surface area contributed by atoms with Gasteiger partial charge in [0.25, 0.3) is 0 Å². The highest BCUT2D eigenvalue weighted by atomic mass is 32.2. The quantitative estimate of drug-likeness (QED) is 0.850. The second-order valence-electron chi connectivity index (χ2n) is 4.42. The number of rotatable bonds is 3. The van der Waals surface area contributed by atoms with Gasteiger partial charge in [-0.2, -0.15) is 11.8 Å². The average molecular weight is 222 g/mol. The molecule has 2 nitrogen and oxygen atoms in total. The second kappa shape index (κ2) is 4.44. The van der Waals surface area contributed by atoms with Crippen LogP contribution in [0.5, 0.6) is 0 Å². The van der Waals surface area contributed by atoms with Crippen molar-refractivity contribution >= 4 is 17.6 Å². The van der Waals surface area contributed by atoms with E-state index in [2.05, 4.69) is 42.0 Å². The van der Waals surface area contributed by atoms with Crippen LogP contribution in [-0.2, 0) is 0 Å². The number of hydrogen-bond acceptors (Lipinski definition) is 3. The first-order valence-electron chi connectivity index (χ1n) is 5.49. The molecule has 2 rings (SSSR count). The number of nitrogens with one attached hydrogen (secondary N) is 1. The Morgan fingerprint density at radius 3 is 3.13 bits per heavy atom. The van der Waals surface area contributed by atoms with Crippen molar-refractivity contribution in [3.63, 3.8) is 0 Å². The molecule has 0 amide bonds. The van der Waals surface area contributed by atoms with Crippen molar-refractivity contribution in [3.8, 4) is 0 Å². The standard InChI is InChI=1S/C12H18N2S/c1-10-5-3-7-13-11(10)14-9-12(2)6-4-8-15-12/h3,5,7H,4,6,8-9H2,1-2H3,(H,13,14). The Morgan fingerprint density at radius 1 is 1.60 bits per heavy atom. The summed E-state index contributed by atoms with van der Waals surface area (Å²) in [6.45, 7) is 5.46. The maximum Gasteiger partial charge on any atom is 0.128 e. The molecule has 3 heteroatoms. The Hall–Kier alpha value is -0.700. The lowest BCUT2D eigenvalue weighted by atomic mass is 10.1. The zero-order valence-electron chi connectivity index (χ0n) is 9.42. The maximum atomic E-state index is 4.35. The molecule has 0 saturated carbocycles. The van der Waals surface area contributed by atoms with Crippen molar-refractivity contribution in [2.45, 2.75) is 31.4 Å². The fourth-order valence-corrected chi connectivity index (χ4v) is 3.16. The van der Waals surface area contributed by atoms with Crippen LogP contribution in [0.3, 0.4) is 0 Å². The van der Waals surface area contributed by atoms with Crippen LogP contribution in [-0.4, -0.2) is 22.0 Å². The topological polar surface area (TPSA) is 24.9 Å². The van der Waals surface area contributed by atoms with Gasteiger partial charge in [0.05, 0.1) is 0 Å². The fraction of sp³-hybridized carbons (Fsp3) is 0.583. The second-order valence-corrected chi connectivity index (χ2v) is 6.11. The Bertz CT molecular complexity index is 332. The number of nitrogens with zero attached hydrogens (tertiary/aromatic N) is 1. The van der Waals surface area contributed by atoms with E-state index >= 15 is 0 Å². The van der Waals surface area contributed by atoms with Crippen molar-refractivity contribution in [3.05, 3.63) is 23.9 Å². The van der Waals surface area contributed by atoms with Gasteiger partial charge in [-0.05, 0) is 44.1 Å². The first-order valence-corrected chi connectivity index (χ1v) is 6.48. The van der Waals surface area contributed by atoms with E-state index in [4.69, 9.17) is 0 Å². The van der Waals surface area contributed by atoms with Crippen LogP contribution in [0.1, 0.15) is 25.3 Å². The molecule has 0 spiro atoms. The summed E-state index contributed by atoms with van der Waals surface area (Å²) in [5.41, 5.74) is 1.23. The zero-order valence-corrected chi connectivity index (χ0v) is 10.2. The van der Waals surface area contributed by atoms with E-state index < -0.39 is 0 Å². The molecular formula is C12H18N2S. The van der Waals surface area contributed by atoms with E-state index in [1.54, 1.807) is 0 Å². The van der Waals surface area contributed by atoms with Gasteiger partial charge in [0, 0.05) is 17.5 Å². The molecule has 0 aromatic carbocycles. The highest BCUT2D eigenvalue weighted by Gasteiger charge is 2.29. The Kier molecular flexibility index (Phi) is 3.19. The molecule has 1 unspecified atom stereocenters. The van der Waals surface area contributed by atoms with Crippen molar-refractivity contribution < 1.29 is 0 Å². The number of thioether (sulfide) groups is 1. The molecule has 1 saturated heterocycles. The van der Waals surface area contributed by atoms with Crippen LogP contribution in [0, 0.1) is 6.92 Å². The van der Waals surface area contributed by atoms with E-state index in [9.17, 15) is 0 Å². The molecule has 0 radical (unpaired) electrons. The SMILES string of the molecule is Cc1cccnc1NCC1(C)CCCS1. The van der Waals surface area contributed by atoms with Gasteiger partial charge >= 0.3 is 0 Å². The smallest absolute Gasteiger partial charge is 0.128 e. The normalized spacial score (nSPS) is 25.5. The molecule has 1 aromatic rings. The highest BCUT2D eigenvalue weighted by molar-refractivity contribution is 8.00. The molecule has 0 aliphatic carbocycles. The van der Waals surface area contributed by atoms with E-state index in [0.29, 0.717) is 4.75 Å². The van der Waals surface area contributed by atoms with Gasteiger partial charge in [-0.3, -0.25) is 0 Å². The lowest BCUT2D eigenvalue weighted by Gasteiger charge is -2.23. The monoisotopic (exact) mass is 222 g/mol. The minimum absolute atomic E-state index is 0.407. The zero-order chi connectivity index (χ0) is 10.7. The van der Waals surface area contributed by atoms with Gasteiger partial charge in [-0.15, -0.1) is 0 Å². The molecule has 0 bridgehead atoms. The van der Waals surface area contributed by atoms with Crippen molar-refractivity contribution in [2.24, 2.45) is 0 Å². The predicted molar refractivity (Wildman–Crippen MR) is 67.6 cm³/mol. The van der Waals surface area contributed by atoms with Gasteiger partial charge in [0.15, 0.2) is 0 Å². The third kappa shape index (κ3) is 2.65. The highest BCUT2D eigenvalue weighted by Crippen LogP contribution is 2.37. The minimum Gasteiger partial charge on any atom is -0.368 e. The lowest BCUT2D eigenvalue weighted by Crippen LogP contribution is -2.27. The summed E-state index contributed by atoms with van der Waals surface area (Å²) in [5.74, 6) is 2.34. The number of aryl methyl sites for hydroxylation is 1. The van der Waals surface area contributed by atoms with Crippen LogP contribution in [0.4, 0.5) is 5.82 Å². The minimum atomic E-state index is 0.407. The van der Waals surface area contributed by atoms with Gasteiger partial charge < -0.3 is 5.32 Å². The largest absolute Gasteiger partial charge is 0.368 e. The molecular weight excluding hydrogens is 204 g/mol. The van der Waals surface area contributed by atoms with Gasteiger partial charge in [-0.25, -0.2) is 4.98 Å². The van der Waals surface area contributed by atoms with Crippen LogP contribution in [0.15, 0.2) is 18.3 Å². The summed E-state index contributed by atoms with van der Waals surface area (Å²) in [4.78, 5) is 4.35. The molecule has 1 N–H and O–H groups in total. The molecule has 1 aliphatic heterocycles. The Labute approximate surface area is 95.9 Å². The summed E-state index contributed by atoms with van der Waals surface area (Å²) >= 11 is 2.08. The summed E-state index contributed by atoms with van der Waals surface area (Å²) in [5, 5.41) is 3.46. The van der Waals surface area contributed by atoms with Crippen molar-refractivity contribution in [1.29, 1.82) is 0 Å². The summed E-state index contributed by atoms with van der Waals surface area (Å²) in [6, 6.07) is 4.08. The molecule has 1 atom stereocenters. The maximum absolute atomic E-state index is 4.35. The van der Waals surface area contributed by atoms with E-state index in [-0.39, 0.29) is 0 Å². The first-order chi connectivity index (χ1) is 7.20. The number of anilines is 1. The third-order valence-corrected chi connectivity index (χ3v) is 4.48. The first kappa shape index (κ1) is 10.8. The fourth-order valence-electron chi connectivity index (χ4n) is 1.92. The predicted octanol–water partition coefficient (Wildman–Crippen LogP) is 3.09. The third-order valence-electron chi connectivity index (χ3n) is 2.94. The molecule has 15 heavy (non-hydrogen) atoms.